The first-order chi connectivity index (χ1) is 13.1. The molecule has 138 valence electrons. The molecule has 0 aliphatic carbocycles. The number of benzene rings is 2. The van der Waals surface area contributed by atoms with Gasteiger partial charge in [0.2, 0.25) is 0 Å². The van der Waals surface area contributed by atoms with E-state index in [1.807, 2.05) is 12.1 Å². The van der Waals surface area contributed by atoms with E-state index in [2.05, 4.69) is 10.3 Å². The topological polar surface area (TPSA) is 80.7 Å². The second-order valence-electron chi connectivity index (χ2n) is 5.61. The fourth-order valence-corrected chi connectivity index (χ4v) is 2.47. The summed E-state index contributed by atoms with van der Waals surface area (Å²) in [6.07, 6.45) is 1.48. The summed E-state index contributed by atoms with van der Waals surface area (Å²) < 4.78 is 11.1. The maximum atomic E-state index is 12.4. The molecular weight excluding hydrogens is 368 g/mol. The predicted octanol–water partition coefficient (Wildman–Crippen LogP) is 4.28. The number of hydrogen-bond acceptors (Lipinski definition) is 5. The molecule has 0 unspecified atom stereocenters. The molecule has 1 amide bonds. The molecule has 0 spiro atoms. The number of methoxy groups -OCH3 is 1. The number of aromatic nitrogens is 1. The zero-order valence-corrected chi connectivity index (χ0v) is 15.2. The molecule has 0 saturated carbocycles. The number of anilines is 1. The van der Waals surface area contributed by atoms with Gasteiger partial charge >= 0.3 is 0 Å². The van der Waals surface area contributed by atoms with Gasteiger partial charge in [-0.3, -0.25) is 4.79 Å². The van der Waals surface area contributed by atoms with E-state index in [4.69, 9.17) is 21.1 Å². The quantitative estimate of drug-likeness (QED) is 0.663. The lowest BCUT2D eigenvalue weighted by Crippen LogP contribution is -2.13. The van der Waals surface area contributed by atoms with Crippen LogP contribution in [0.1, 0.15) is 15.9 Å². The van der Waals surface area contributed by atoms with Crippen LogP contribution in [0.15, 0.2) is 60.8 Å². The number of rotatable bonds is 6. The standard InChI is InChI=1S/C20H17ClN2O4/c1-26-18-11-14(20(25)23-19-16(24)3-2-10-22-19)6-9-17(18)27-12-13-4-7-15(21)8-5-13/h2-11,24H,12H2,1H3,(H,22,23,25). The van der Waals surface area contributed by atoms with Crippen molar-refractivity contribution in [1.82, 2.24) is 4.98 Å². The molecular formula is C20H17ClN2O4. The molecule has 3 aromatic rings. The van der Waals surface area contributed by atoms with E-state index in [9.17, 15) is 9.90 Å². The summed E-state index contributed by atoms with van der Waals surface area (Å²) in [5.74, 6) is 0.475. The molecule has 7 heteroatoms. The minimum Gasteiger partial charge on any atom is -0.504 e. The van der Waals surface area contributed by atoms with Crippen LogP contribution >= 0.6 is 11.6 Å². The highest BCUT2D eigenvalue weighted by molar-refractivity contribution is 6.30. The summed E-state index contributed by atoms with van der Waals surface area (Å²) in [6, 6.07) is 15.2. The monoisotopic (exact) mass is 384 g/mol. The molecule has 2 N–H and O–H groups in total. The molecule has 3 rings (SSSR count). The van der Waals surface area contributed by atoms with Crippen molar-refractivity contribution < 1.29 is 19.4 Å². The molecule has 2 aromatic carbocycles. The van der Waals surface area contributed by atoms with Crippen LogP contribution in [-0.4, -0.2) is 23.1 Å². The van der Waals surface area contributed by atoms with Crippen molar-refractivity contribution in [3.05, 3.63) is 76.9 Å². The number of pyridine rings is 1. The highest BCUT2D eigenvalue weighted by Crippen LogP contribution is 2.29. The van der Waals surface area contributed by atoms with Gasteiger partial charge in [-0.15, -0.1) is 0 Å². The fourth-order valence-electron chi connectivity index (χ4n) is 2.34. The maximum Gasteiger partial charge on any atom is 0.257 e. The van der Waals surface area contributed by atoms with Crippen molar-refractivity contribution >= 4 is 23.3 Å². The van der Waals surface area contributed by atoms with Gasteiger partial charge in [0.1, 0.15) is 6.61 Å². The Morgan fingerprint density at radius 3 is 2.63 bits per heavy atom. The lowest BCUT2D eigenvalue weighted by atomic mass is 10.2. The third-order valence-electron chi connectivity index (χ3n) is 3.75. The lowest BCUT2D eigenvalue weighted by Gasteiger charge is -2.12. The van der Waals surface area contributed by atoms with Crippen molar-refractivity contribution in [3.8, 4) is 17.2 Å². The second kappa shape index (κ2) is 8.42. The Labute approximate surface area is 161 Å². The van der Waals surface area contributed by atoms with Gasteiger partial charge in [0.05, 0.1) is 7.11 Å². The van der Waals surface area contributed by atoms with Gasteiger partial charge in [-0.1, -0.05) is 23.7 Å². The largest absolute Gasteiger partial charge is 0.504 e. The zero-order valence-electron chi connectivity index (χ0n) is 14.5. The van der Waals surface area contributed by atoms with Crippen molar-refractivity contribution in [2.24, 2.45) is 0 Å². The van der Waals surface area contributed by atoms with E-state index in [-0.39, 0.29) is 11.6 Å². The van der Waals surface area contributed by atoms with Crippen LogP contribution < -0.4 is 14.8 Å². The second-order valence-corrected chi connectivity index (χ2v) is 6.04. The first-order valence-corrected chi connectivity index (χ1v) is 8.45. The van der Waals surface area contributed by atoms with E-state index in [1.165, 1.54) is 19.4 Å². The van der Waals surface area contributed by atoms with Crippen LogP contribution in [0.4, 0.5) is 5.82 Å². The Morgan fingerprint density at radius 2 is 1.93 bits per heavy atom. The highest BCUT2D eigenvalue weighted by atomic mass is 35.5. The molecule has 0 fully saturated rings. The average Bonchev–Trinajstić information content (AvgIpc) is 2.69. The SMILES string of the molecule is COc1cc(C(=O)Nc2ncccc2O)ccc1OCc1ccc(Cl)cc1. The molecule has 6 nitrogen and oxygen atoms in total. The third kappa shape index (κ3) is 4.68. The summed E-state index contributed by atoms with van der Waals surface area (Å²) >= 11 is 5.87. The Balaban J connectivity index is 1.72. The van der Waals surface area contributed by atoms with Crippen molar-refractivity contribution in [3.63, 3.8) is 0 Å². The maximum absolute atomic E-state index is 12.4. The number of amides is 1. The van der Waals surface area contributed by atoms with Gasteiger partial charge in [-0.05, 0) is 48.0 Å². The van der Waals surface area contributed by atoms with Gasteiger partial charge in [0, 0.05) is 16.8 Å². The van der Waals surface area contributed by atoms with Crippen LogP contribution in [0, 0.1) is 0 Å². The van der Waals surface area contributed by atoms with E-state index in [0.29, 0.717) is 28.7 Å². The van der Waals surface area contributed by atoms with Crippen LogP contribution in [-0.2, 0) is 6.61 Å². The average molecular weight is 385 g/mol. The van der Waals surface area contributed by atoms with E-state index in [1.54, 1.807) is 36.4 Å². The number of carbonyl (C=O) groups excluding carboxylic acids is 1. The van der Waals surface area contributed by atoms with Crippen LogP contribution in [0.5, 0.6) is 17.2 Å². The predicted molar refractivity (Wildman–Crippen MR) is 103 cm³/mol. The Morgan fingerprint density at radius 1 is 1.15 bits per heavy atom. The first-order valence-electron chi connectivity index (χ1n) is 8.07. The van der Waals surface area contributed by atoms with Crippen LogP contribution in [0.2, 0.25) is 5.02 Å². The summed E-state index contributed by atoms with van der Waals surface area (Å²) in [5, 5.41) is 12.9. The third-order valence-corrected chi connectivity index (χ3v) is 4.00. The molecule has 27 heavy (non-hydrogen) atoms. The van der Waals surface area contributed by atoms with Crippen LogP contribution in [0.3, 0.4) is 0 Å². The Kier molecular flexibility index (Phi) is 5.78. The molecule has 0 saturated heterocycles. The molecule has 0 radical (unpaired) electrons. The van der Waals surface area contributed by atoms with Gasteiger partial charge in [-0.25, -0.2) is 4.98 Å². The highest BCUT2D eigenvalue weighted by Gasteiger charge is 2.13. The molecule has 1 heterocycles. The number of aromatic hydroxyl groups is 1. The summed E-state index contributed by atoms with van der Waals surface area (Å²) in [6.45, 7) is 0.334. The molecule has 0 aliphatic heterocycles. The Hall–Kier alpha value is -3.25. The molecule has 0 bridgehead atoms. The van der Waals surface area contributed by atoms with Crippen molar-refractivity contribution in [1.29, 1.82) is 0 Å². The number of halogens is 1. The molecule has 1 aromatic heterocycles. The normalized spacial score (nSPS) is 10.3. The van der Waals surface area contributed by atoms with Gasteiger partial charge in [0.25, 0.3) is 5.91 Å². The summed E-state index contributed by atoms with van der Waals surface area (Å²) in [7, 11) is 1.50. The lowest BCUT2D eigenvalue weighted by molar-refractivity contribution is 0.102. The number of ether oxygens (including phenoxy) is 2. The molecule has 0 aliphatic rings. The van der Waals surface area contributed by atoms with E-state index in [0.717, 1.165) is 5.56 Å². The zero-order chi connectivity index (χ0) is 19.2. The van der Waals surface area contributed by atoms with E-state index >= 15 is 0 Å². The molecule has 0 atom stereocenters. The summed E-state index contributed by atoms with van der Waals surface area (Å²) in [4.78, 5) is 16.3. The van der Waals surface area contributed by atoms with E-state index < -0.39 is 5.91 Å². The summed E-state index contributed by atoms with van der Waals surface area (Å²) in [5.41, 5.74) is 1.30. The van der Waals surface area contributed by atoms with Crippen LogP contribution in [0.25, 0.3) is 0 Å². The van der Waals surface area contributed by atoms with Gasteiger partial charge < -0.3 is 19.9 Å². The van der Waals surface area contributed by atoms with Gasteiger partial charge in [-0.2, -0.15) is 0 Å². The fraction of sp³-hybridized carbons (Fsp3) is 0.100. The number of carbonyl (C=O) groups is 1. The Bertz CT molecular complexity index is 945. The van der Waals surface area contributed by atoms with Gasteiger partial charge in [0.15, 0.2) is 23.1 Å². The number of nitrogens with zero attached hydrogens (tertiary/aromatic N) is 1. The smallest absolute Gasteiger partial charge is 0.257 e. The minimum atomic E-state index is -0.424. The number of hydrogen-bond donors (Lipinski definition) is 2. The minimum absolute atomic E-state index is 0.0875. The number of nitrogens with one attached hydrogen (secondary N) is 1. The van der Waals surface area contributed by atoms with Crippen molar-refractivity contribution in [2.75, 3.05) is 12.4 Å². The first kappa shape index (κ1) is 18.5. The van der Waals surface area contributed by atoms with Crippen molar-refractivity contribution in [2.45, 2.75) is 6.61 Å².